The fraction of sp³-hybridized carbons (Fsp3) is 0.250. The molecule has 1 aromatic heterocycles. The van der Waals surface area contributed by atoms with Crippen molar-refractivity contribution in [3.05, 3.63) is 65.5 Å². The second kappa shape index (κ2) is 9.55. The minimum absolute atomic E-state index is 0.272. The molecular formula is C24H24N2O3S. The number of carbonyl (C=O) groups is 1. The van der Waals surface area contributed by atoms with Gasteiger partial charge in [-0.15, -0.1) is 11.8 Å². The van der Waals surface area contributed by atoms with Crippen LogP contribution in [0.15, 0.2) is 53.4 Å². The van der Waals surface area contributed by atoms with Crippen molar-refractivity contribution in [3.63, 3.8) is 0 Å². The molecule has 0 atom stereocenters. The maximum atomic E-state index is 12.7. The van der Waals surface area contributed by atoms with E-state index in [4.69, 9.17) is 9.47 Å². The normalized spacial score (nSPS) is 10.5. The molecular weight excluding hydrogens is 396 g/mol. The predicted octanol–water partition coefficient (Wildman–Crippen LogP) is 5.82. The maximum Gasteiger partial charge on any atom is 0.355 e. The first kappa shape index (κ1) is 21.5. The summed E-state index contributed by atoms with van der Waals surface area (Å²) >= 11 is 1.62. The molecule has 5 nitrogen and oxygen atoms in total. The Morgan fingerprint density at radius 3 is 2.43 bits per heavy atom. The van der Waals surface area contributed by atoms with Crippen LogP contribution in [-0.4, -0.2) is 23.4 Å². The van der Waals surface area contributed by atoms with Gasteiger partial charge in [0.25, 0.3) is 0 Å². The lowest BCUT2D eigenvalue weighted by atomic mass is 10.00. The van der Waals surface area contributed by atoms with Crippen molar-refractivity contribution < 1.29 is 14.3 Å². The van der Waals surface area contributed by atoms with Gasteiger partial charge in [0, 0.05) is 23.2 Å². The van der Waals surface area contributed by atoms with E-state index in [0.717, 1.165) is 21.9 Å². The van der Waals surface area contributed by atoms with Gasteiger partial charge in [-0.1, -0.05) is 31.2 Å². The topological polar surface area (TPSA) is 64.2 Å². The standard InChI is InChI=1S/C24H24N2O3S/c1-5-19-18(15-25)22(23(26(19)3)24(27)28-6-2)16-11-13-17(14-12-16)29-20-9-7-8-10-21(20)30-4/h7-14H,5-6H2,1-4H3. The quantitative estimate of drug-likeness (QED) is 0.356. The molecule has 30 heavy (non-hydrogen) atoms. The van der Waals surface area contributed by atoms with Gasteiger partial charge in [-0.25, -0.2) is 4.79 Å². The monoisotopic (exact) mass is 420 g/mol. The third-order valence-corrected chi connectivity index (χ3v) is 5.65. The number of carbonyl (C=O) groups excluding carboxylic acids is 1. The molecule has 0 radical (unpaired) electrons. The van der Waals surface area contributed by atoms with Crippen LogP contribution < -0.4 is 4.74 Å². The Morgan fingerprint density at radius 1 is 1.13 bits per heavy atom. The number of rotatable bonds is 7. The van der Waals surface area contributed by atoms with Gasteiger partial charge >= 0.3 is 5.97 Å². The Labute approximate surface area is 181 Å². The van der Waals surface area contributed by atoms with Crippen molar-refractivity contribution in [2.24, 2.45) is 7.05 Å². The van der Waals surface area contributed by atoms with E-state index in [2.05, 4.69) is 6.07 Å². The third kappa shape index (κ3) is 4.07. The first-order valence-corrected chi connectivity index (χ1v) is 11.0. The molecule has 2 aromatic carbocycles. The molecule has 3 rings (SSSR count). The van der Waals surface area contributed by atoms with E-state index in [1.807, 2.05) is 61.7 Å². The third-order valence-electron chi connectivity index (χ3n) is 4.87. The van der Waals surface area contributed by atoms with Crippen LogP contribution in [-0.2, 0) is 18.2 Å². The largest absolute Gasteiger partial charge is 0.461 e. The first-order valence-electron chi connectivity index (χ1n) is 9.75. The van der Waals surface area contributed by atoms with Gasteiger partial charge in [-0.3, -0.25) is 0 Å². The van der Waals surface area contributed by atoms with E-state index in [-0.39, 0.29) is 6.61 Å². The molecule has 6 heteroatoms. The fourth-order valence-electron chi connectivity index (χ4n) is 3.51. The van der Waals surface area contributed by atoms with Crippen LogP contribution in [0.4, 0.5) is 0 Å². The second-order valence-electron chi connectivity index (χ2n) is 6.57. The van der Waals surface area contributed by atoms with E-state index in [0.29, 0.717) is 29.0 Å². The molecule has 0 N–H and O–H groups in total. The van der Waals surface area contributed by atoms with E-state index >= 15 is 0 Å². The van der Waals surface area contributed by atoms with Crippen LogP contribution in [0.3, 0.4) is 0 Å². The molecule has 0 spiro atoms. The number of hydrogen-bond acceptors (Lipinski definition) is 5. The Bertz CT molecular complexity index is 1090. The zero-order valence-electron chi connectivity index (χ0n) is 17.6. The van der Waals surface area contributed by atoms with Crippen molar-refractivity contribution in [2.45, 2.75) is 25.2 Å². The molecule has 154 valence electrons. The van der Waals surface area contributed by atoms with E-state index < -0.39 is 5.97 Å². The summed E-state index contributed by atoms with van der Waals surface area (Å²) < 4.78 is 13.1. The molecule has 0 unspecified atom stereocenters. The maximum absolute atomic E-state index is 12.7. The van der Waals surface area contributed by atoms with Gasteiger partial charge in [-0.05, 0) is 49.4 Å². The SMILES string of the molecule is CCOC(=O)c1c(-c2ccc(Oc3ccccc3SC)cc2)c(C#N)c(CC)n1C. The predicted molar refractivity (Wildman–Crippen MR) is 119 cm³/mol. The van der Waals surface area contributed by atoms with Crippen LogP contribution >= 0.6 is 11.8 Å². The van der Waals surface area contributed by atoms with Gasteiger partial charge in [0.1, 0.15) is 23.3 Å². The number of benzene rings is 2. The fourth-order valence-corrected chi connectivity index (χ4v) is 4.03. The molecule has 0 aliphatic heterocycles. The zero-order chi connectivity index (χ0) is 21.7. The number of nitrogens with zero attached hydrogens (tertiary/aromatic N) is 2. The van der Waals surface area contributed by atoms with Crippen LogP contribution in [0.5, 0.6) is 11.5 Å². The molecule has 0 saturated heterocycles. The highest BCUT2D eigenvalue weighted by Gasteiger charge is 2.26. The van der Waals surface area contributed by atoms with Crippen molar-refractivity contribution in [2.75, 3.05) is 12.9 Å². The Balaban J connectivity index is 2.04. The van der Waals surface area contributed by atoms with Crippen LogP contribution in [0.2, 0.25) is 0 Å². The van der Waals surface area contributed by atoms with Gasteiger partial charge in [-0.2, -0.15) is 5.26 Å². The van der Waals surface area contributed by atoms with E-state index in [1.54, 1.807) is 30.3 Å². The number of thioether (sulfide) groups is 1. The molecule has 0 aliphatic rings. The van der Waals surface area contributed by atoms with Crippen molar-refractivity contribution in [1.82, 2.24) is 4.57 Å². The summed E-state index contributed by atoms with van der Waals surface area (Å²) in [6.45, 7) is 4.01. The highest BCUT2D eigenvalue weighted by Crippen LogP contribution is 2.36. The summed E-state index contributed by atoms with van der Waals surface area (Å²) in [6.07, 6.45) is 2.64. The summed E-state index contributed by atoms with van der Waals surface area (Å²) in [7, 11) is 1.80. The van der Waals surface area contributed by atoms with Gasteiger partial charge in [0.05, 0.1) is 12.2 Å². The van der Waals surface area contributed by atoms with Gasteiger partial charge < -0.3 is 14.0 Å². The smallest absolute Gasteiger partial charge is 0.355 e. The molecule has 3 aromatic rings. The average molecular weight is 421 g/mol. The second-order valence-corrected chi connectivity index (χ2v) is 7.42. The molecule has 1 heterocycles. The number of para-hydroxylation sites is 1. The minimum Gasteiger partial charge on any atom is -0.461 e. The Morgan fingerprint density at radius 2 is 1.83 bits per heavy atom. The van der Waals surface area contributed by atoms with Gasteiger partial charge in [0.2, 0.25) is 0 Å². The number of hydrogen-bond donors (Lipinski definition) is 0. The molecule has 0 aliphatic carbocycles. The Kier molecular flexibility index (Phi) is 6.86. The van der Waals surface area contributed by atoms with Crippen molar-refractivity contribution in [3.8, 4) is 28.7 Å². The van der Waals surface area contributed by atoms with E-state index in [9.17, 15) is 10.1 Å². The van der Waals surface area contributed by atoms with Crippen molar-refractivity contribution in [1.29, 1.82) is 5.26 Å². The lowest BCUT2D eigenvalue weighted by molar-refractivity contribution is 0.0516. The highest BCUT2D eigenvalue weighted by atomic mass is 32.2. The van der Waals surface area contributed by atoms with E-state index in [1.165, 1.54) is 0 Å². The molecule has 0 amide bonds. The lowest BCUT2D eigenvalue weighted by Gasteiger charge is -2.11. The number of aromatic nitrogens is 1. The molecule has 0 bridgehead atoms. The van der Waals surface area contributed by atoms with Gasteiger partial charge in [0.15, 0.2) is 0 Å². The highest BCUT2D eigenvalue weighted by molar-refractivity contribution is 7.98. The molecule has 0 saturated carbocycles. The number of nitriles is 1. The molecule has 0 fully saturated rings. The summed E-state index contributed by atoms with van der Waals surface area (Å²) in [5.41, 5.74) is 3.09. The zero-order valence-corrected chi connectivity index (χ0v) is 18.4. The summed E-state index contributed by atoms with van der Waals surface area (Å²) in [5, 5.41) is 9.81. The summed E-state index contributed by atoms with van der Waals surface area (Å²) in [5.74, 6) is 1.04. The summed E-state index contributed by atoms with van der Waals surface area (Å²) in [4.78, 5) is 13.7. The van der Waals surface area contributed by atoms with Crippen LogP contribution in [0.1, 0.15) is 35.6 Å². The number of esters is 1. The lowest BCUT2D eigenvalue weighted by Crippen LogP contribution is -2.12. The first-order chi connectivity index (χ1) is 14.5. The van der Waals surface area contributed by atoms with Crippen molar-refractivity contribution >= 4 is 17.7 Å². The van der Waals surface area contributed by atoms with Crippen LogP contribution in [0.25, 0.3) is 11.1 Å². The minimum atomic E-state index is -0.430. The Hall–Kier alpha value is -3.17. The number of ether oxygens (including phenoxy) is 2. The average Bonchev–Trinajstić information content (AvgIpc) is 3.06. The summed E-state index contributed by atoms with van der Waals surface area (Å²) in [6, 6.07) is 17.6. The van der Waals surface area contributed by atoms with Crippen LogP contribution in [0, 0.1) is 11.3 Å².